The van der Waals surface area contributed by atoms with E-state index in [0.29, 0.717) is 51.6 Å². The highest BCUT2D eigenvalue weighted by Gasteiger charge is 2.24. The van der Waals surface area contributed by atoms with Gasteiger partial charge in [-0.2, -0.15) is 13.5 Å². The quantitative estimate of drug-likeness (QED) is 0.0857. The summed E-state index contributed by atoms with van der Waals surface area (Å²) < 4.78 is 67.5. The van der Waals surface area contributed by atoms with Crippen LogP contribution in [0, 0.1) is 0 Å². The second-order valence-corrected chi connectivity index (χ2v) is 22.7. The van der Waals surface area contributed by atoms with Crippen molar-refractivity contribution >= 4 is 56.3 Å². The monoisotopic (exact) mass is 764 g/mol. The van der Waals surface area contributed by atoms with Crippen molar-refractivity contribution in [3.8, 4) is 22.6 Å². The Morgan fingerprint density at radius 3 is 2.40 bits per heavy atom. The third-order valence-corrected chi connectivity index (χ3v) is 10.8. The number of sulfonamides is 1. The van der Waals surface area contributed by atoms with Crippen LogP contribution in [0.3, 0.4) is 0 Å². The number of benzene rings is 2. The van der Waals surface area contributed by atoms with E-state index in [2.05, 4.69) is 39.6 Å². The Morgan fingerprint density at radius 1 is 0.962 bits per heavy atom. The Balaban J connectivity index is 1.51. The molecule has 274 valence electrons. The number of nitrogens with one attached hydrogen (secondary N) is 2. The first kappa shape index (κ1) is 36.7. The molecular formula is C34H40N8O7S2Si. The Bertz CT molecular complexity index is 2490. The number of ether oxygens (including phenoxy) is 1. The van der Waals surface area contributed by atoms with E-state index in [0.717, 1.165) is 18.6 Å². The van der Waals surface area contributed by atoms with Crippen molar-refractivity contribution in [2.75, 3.05) is 29.2 Å². The summed E-state index contributed by atoms with van der Waals surface area (Å²) in [6.07, 6.45) is 6.80. The van der Waals surface area contributed by atoms with Crippen molar-refractivity contribution in [1.82, 2.24) is 28.7 Å². The minimum atomic E-state index is -3.97. The summed E-state index contributed by atoms with van der Waals surface area (Å²) in [5.41, 5.74) is 2.32. The molecular weight excluding hydrogens is 725 g/mol. The van der Waals surface area contributed by atoms with Crippen LogP contribution in [-0.2, 0) is 31.6 Å². The second kappa shape index (κ2) is 14.2. The molecule has 52 heavy (non-hydrogen) atoms. The highest BCUT2D eigenvalue weighted by molar-refractivity contribution is 7.92. The van der Waals surface area contributed by atoms with E-state index < -0.39 is 34.3 Å². The molecule has 0 saturated carbocycles. The van der Waals surface area contributed by atoms with Crippen molar-refractivity contribution in [3.63, 3.8) is 0 Å². The van der Waals surface area contributed by atoms with Gasteiger partial charge in [-0.3, -0.25) is 14.1 Å². The number of nitrogens with zero attached hydrogens (tertiary/aromatic N) is 6. The van der Waals surface area contributed by atoms with Crippen LogP contribution in [0.2, 0.25) is 25.7 Å². The van der Waals surface area contributed by atoms with Gasteiger partial charge in [-0.05, 0) is 54.9 Å². The molecule has 18 heteroatoms. The van der Waals surface area contributed by atoms with Crippen LogP contribution < -0.4 is 19.8 Å². The summed E-state index contributed by atoms with van der Waals surface area (Å²) >= 11 is 0. The van der Waals surface area contributed by atoms with Gasteiger partial charge in [-0.1, -0.05) is 37.8 Å². The normalized spacial score (nSPS) is 13.0. The van der Waals surface area contributed by atoms with E-state index in [-0.39, 0.29) is 23.7 Å². The van der Waals surface area contributed by atoms with Gasteiger partial charge in [0.05, 0.1) is 35.3 Å². The highest BCUT2D eigenvalue weighted by Crippen LogP contribution is 2.38. The van der Waals surface area contributed by atoms with E-state index in [1.807, 2.05) is 41.8 Å². The third-order valence-electron chi connectivity index (χ3n) is 7.99. The van der Waals surface area contributed by atoms with Gasteiger partial charge in [0.1, 0.15) is 35.8 Å². The van der Waals surface area contributed by atoms with E-state index in [1.54, 1.807) is 35.2 Å². The summed E-state index contributed by atoms with van der Waals surface area (Å²) in [4.78, 5) is 23.0. The lowest BCUT2D eigenvalue weighted by molar-refractivity contribution is 0.0899. The fourth-order valence-corrected chi connectivity index (χ4v) is 7.47. The van der Waals surface area contributed by atoms with Crippen molar-refractivity contribution in [2.45, 2.75) is 45.4 Å². The highest BCUT2D eigenvalue weighted by atomic mass is 32.2. The average Bonchev–Trinajstić information content (AvgIpc) is 3.67. The standard InChI is InChI=1S/C34H40N8O7S2Si/c1-23(32-38-41-14-10-13-29(41)34(43)42(32)26-11-8-7-9-12-26)37-31-30-28(20-40(33(30)36-21-35-31)22-48-15-16-52(4,5)6)24-17-25(39-50(2,44)45)19-27(18-24)49-51(3,46)47/h7-14,17-21,23,39H,15-16,22H2,1-6H3,(H,35,36,37). The summed E-state index contributed by atoms with van der Waals surface area (Å²) in [6, 6.07) is 17.4. The first-order valence-corrected chi connectivity index (χ1v) is 23.7. The number of hydrogen-bond acceptors (Lipinski definition) is 11. The van der Waals surface area contributed by atoms with Crippen LogP contribution in [0.4, 0.5) is 11.5 Å². The second-order valence-electron chi connectivity index (χ2n) is 13.7. The molecule has 1 atom stereocenters. The number of para-hydroxylation sites is 1. The molecule has 4 heterocycles. The molecule has 1 unspecified atom stereocenters. The zero-order valence-corrected chi connectivity index (χ0v) is 32.2. The van der Waals surface area contributed by atoms with Crippen LogP contribution in [-0.4, -0.2) is 72.7 Å². The lowest BCUT2D eigenvalue weighted by atomic mass is 10.0. The van der Waals surface area contributed by atoms with E-state index in [1.165, 1.54) is 23.0 Å². The number of hydrogen-bond donors (Lipinski definition) is 2. The number of anilines is 2. The molecule has 0 aliphatic rings. The van der Waals surface area contributed by atoms with E-state index >= 15 is 0 Å². The first-order valence-electron chi connectivity index (χ1n) is 16.3. The number of rotatable bonds is 14. The number of fused-ring (bicyclic) bond motifs is 2. The third kappa shape index (κ3) is 8.52. The fraction of sp³-hybridized carbons (Fsp3) is 0.294. The Morgan fingerprint density at radius 2 is 1.71 bits per heavy atom. The maximum atomic E-state index is 13.8. The van der Waals surface area contributed by atoms with Gasteiger partial charge in [0.25, 0.3) is 5.56 Å². The molecule has 0 bridgehead atoms. The van der Waals surface area contributed by atoms with Crippen LogP contribution in [0.1, 0.15) is 18.8 Å². The molecule has 0 aliphatic heterocycles. The molecule has 0 amide bonds. The van der Waals surface area contributed by atoms with Gasteiger partial charge in [0, 0.05) is 38.7 Å². The summed E-state index contributed by atoms with van der Waals surface area (Å²) in [6.45, 7) is 9.34. The number of aromatic nitrogens is 6. The van der Waals surface area contributed by atoms with Gasteiger partial charge >= 0.3 is 10.1 Å². The minimum absolute atomic E-state index is 0.0850. The molecule has 15 nitrogen and oxygen atoms in total. The lowest BCUT2D eigenvalue weighted by Crippen LogP contribution is -2.29. The molecule has 0 aliphatic carbocycles. The van der Waals surface area contributed by atoms with E-state index in [4.69, 9.17) is 14.0 Å². The topological polar surface area (TPSA) is 181 Å². The van der Waals surface area contributed by atoms with Crippen LogP contribution in [0.5, 0.6) is 5.75 Å². The molecule has 2 aromatic carbocycles. The molecule has 0 fully saturated rings. The zero-order chi connectivity index (χ0) is 37.4. The maximum Gasteiger partial charge on any atom is 0.306 e. The van der Waals surface area contributed by atoms with Gasteiger partial charge in [-0.25, -0.2) is 22.9 Å². The van der Waals surface area contributed by atoms with Crippen LogP contribution in [0.15, 0.2) is 84.2 Å². The Hall–Kier alpha value is -5.04. The van der Waals surface area contributed by atoms with E-state index in [9.17, 15) is 21.6 Å². The summed E-state index contributed by atoms with van der Waals surface area (Å²) in [5, 5.41) is 8.77. The molecule has 0 saturated heterocycles. The predicted molar refractivity (Wildman–Crippen MR) is 204 cm³/mol. The van der Waals surface area contributed by atoms with Crippen LogP contribution in [0.25, 0.3) is 33.4 Å². The molecule has 6 aromatic rings. The SMILES string of the molecule is CC(Nc1ncnc2c1c(-c1cc(NS(C)(=O)=O)cc(OS(C)(=O)=O)c1)cn2COCC[Si](C)(C)C)c1nn2cccc2c(=O)n1-c1ccccc1. The molecule has 6 rings (SSSR count). The summed E-state index contributed by atoms with van der Waals surface area (Å²) in [7, 11) is -9.09. The fourth-order valence-electron chi connectivity index (χ4n) is 5.72. The lowest BCUT2D eigenvalue weighted by Gasteiger charge is -2.20. The maximum absolute atomic E-state index is 13.8. The molecule has 0 spiro atoms. The minimum Gasteiger partial charge on any atom is -0.383 e. The molecule has 4 aromatic heterocycles. The first-order chi connectivity index (χ1) is 24.5. The Kier molecular flexibility index (Phi) is 10.0. The molecule has 2 N–H and O–H groups in total. The zero-order valence-electron chi connectivity index (χ0n) is 29.6. The smallest absolute Gasteiger partial charge is 0.306 e. The van der Waals surface area contributed by atoms with Crippen molar-refractivity contribution in [3.05, 3.63) is 95.6 Å². The van der Waals surface area contributed by atoms with Gasteiger partial charge < -0.3 is 18.8 Å². The Labute approximate surface area is 302 Å². The largest absolute Gasteiger partial charge is 0.383 e. The average molecular weight is 765 g/mol. The predicted octanol–water partition coefficient (Wildman–Crippen LogP) is 5.09. The van der Waals surface area contributed by atoms with Crippen molar-refractivity contribution in [1.29, 1.82) is 0 Å². The van der Waals surface area contributed by atoms with Crippen molar-refractivity contribution < 1.29 is 25.8 Å². The van der Waals surface area contributed by atoms with Gasteiger partial charge in [0.15, 0.2) is 5.82 Å². The summed E-state index contributed by atoms with van der Waals surface area (Å²) in [5.74, 6) is 0.682. The molecule has 0 radical (unpaired) electrons. The van der Waals surface area contributed by atoms with Crippen LogP contribution >= 0.6 is 0 Å². The van der Waals surface area contributed by atoms with Gasteiger partial charge in [0.2, 0.25) is 10.0 Å². The van der Waals surface area contributed by atoms with Crippen molar-refractivity contribution in [2.24, 2.45) is 0 Å². The van der Waals surface area contributed by atoms with Gasteiger partial charge in [-0.15, -0.1) is 0 Å².